The van der Waals surface area contributed by atoms with E-state index in [-0.39, 0.29) is 5.56 Å². The first kappa shape index (κ1) is 20.8. The van der Waals surface area contributed by atoms with Crippen molar-refractivity contribution in [3.8, 4) is 11.5 Å². The van der Waals surface area contributed by atoms with E-state index < -0.39 is 17.6 Å². The van der Waals surface area contributed by atoms with E-state index in [0.717, 1.165) is 28.1 Å². The lowest BCUT2D eigenvalue weighted by Crippen LogP contribution is -2.19. The predicted molar refractivity (Wildman–Crippen MR) is 111 cm³/mol. The van der Waals surface area contributed by atoms with E-state index in [1.54, 1.807) is 11.8 Å². The molecular formula is C20H17F3N2O3S2. The molecule has 1 aromatic heterocycles. The number of nitrogens with zero attached hydrogens (tertiary/aromatic N) is 2. The van der Waals surface area contributed by atoms with Gasteiger partial charge in [-0.05, 0) is 24.5 Å². The van der Waals surface area contributed by atoms with Crippen LogP contribution in [-0.4, -0.2) is 35.7 Å². The van der Waals surface area contributed by atoms with Crippen molar-refractivity contribution in [2.75, 3.05) is 25.2 Å². The Morgan fingerprint density at radius 2 is 1.93 bits per heavy atom. The van der Waals surface area contributed by atoms with Gasteiger partial charge in [0.15, 0.2) is 16.3 Å². The van der Waals surface area contributed by atoms with E-state index in [1.165, 1.54) is 23.5 Å². The Morgan fingerprint density at radius 1 is 1.20 bits per heavy atom. The van der Waals surface area contributed by atoms with E-state index in [0.29, 0.717) is 36.1 Å². The second-order valence-electron chi connectivity index (χ2n) is 6.49. The maximum atomic E-state index is 13.0. The molecule has 1 aliphatic heterocycles. The highest BCUT2D eigenvalue weighted by molar-refractivity contribution is 7.98. The Morgan fingerprint density at radius 3 is 2.63 bits per heavy atom. The minimum absolute atomic E-state index is 0.107. The van der Waals surface area contributed by atoms with Crippen molar-refractivity contribution >= 4 is 39.2 Å². The zero-order chi connectivity index (χ0) is 21.3. The van der Waals surface area contributed by atoms with Gasteiger partial charge in [-0.25, -0.2) is 0 Å². The summed E-state index contributed by atoms with van der Waals surface area (Å²) in [7, 11) is 0. The number of ether oxygens (including phenoxy) is 2. The summed E-state index contributed by atoms with van der Waals surface area (Å²) in [6, 6.07) is 8.00. The van der Waals surface area contributed by atoms with Crippen LogP contribution in [0.15, 0.2) is 41.4 Å². The van der Waals surface area contributed by atoms with Crippen molar-refractivity contribution in [2.24, 2.45) is 4.99 Å². The van der Waals surface area contributed by atoms with Gasteiger partial charge in [-0.3, -0.25) is 4.79 Å². The molecule has 0 saturated heterocycles. The molecule has 0 spiro atoms. The van der Waals surface area contributed by atoms with Crippen molar-refractivity contribution < 1.29 is 27.4 Å². The van der Waals surface area contributed by atoms with E-state index in [9.17, 15) is 18.0 Å². The van der Waals surface area contributed by atoms with Crippen molar-refractivity contribution in [1.82, 2.24) is 4.57 Å². The van der Waals surface area contributed by atoms with Gasteiger partial charge in [0.25, 0.3) is 5.91 Å². The maximum Gasteiger partial charge on any atom is 0.416 e. The zero-order valence-electron chi connectivity index (χ0n) is 15.9. The maximum absolute atomic E-state index is 13.0. The number of carbonyl (C=O) groups excluding carboxylic acids is 1. The molecule has 4 rings (SSSR count). The fourth-order valence-electron chi connectivity index (χ4n) is 3.07. The fourth-order valence-corrected chi connectivity index (χ4v) is 4.50. The normalized spacial score (nSPS) is 14.3. The number of aromatic nitrogens is 1. The molecule has 2 aromatic carbocycles. The number of halogens is 3. The van der Waals surface area contributed by atoms with Gasteiger partial charge in [0.2, 0.25) is 0 Å². The van der Waals surface area contributed by atoms with Crippen LogP contribution in [0.25, 0.3) is 10.2 Å². The molecule has 5 nitrogen and oxygen atoms in total. The molecule has 0 fully saturated rings. The minimum Gasteiger partial charge on any atom is -0.486 e. The number of aryl methyl sites for hydroxylation is 1. The first-order valence-corrected chi connectivity index (χ1v) is 11.3. The molecule has 0 aliphatic carbocycles. The molecule has 0 unspecified atom stereocenters. The predicted octanol–water partition coefficient (Wildman–Crippen LogP) is 4.60. The molecule has 1 aliphatic rings. The van der Waals surface area contributed by atoms with Crippen molar-refractivity contribution in [2.45, 2.75) is 12.7 Å². The number of benzene rings is 2. The molecule has 0 radical (unpaired) electrons. The molecule has 0 bridgehead atoms. The Bertz CT molecular complexity index is 1170. The van der Waals surface area contributed by atoms with E-state index in [4.69, 9.17) is 9.47 Å². The van der Waals surface area contributed by atoms with Crippen LogP contribution in [0, 0.1) is 0 Å². The van der Waals surface area contributed by atoms with Crippen LogP contribution in [0.5, 0.6) is 11.5 Å². The first-order chi connectivity index (χ1) is 14.4. The van der Waals surface area contributed by atoms with Crippen LogP contribution in [0.4, 0.5) is 13.2 Å². The van der Waals surface area contributed by atoms with Gasteiger partial charge in [0.1, 0.15) is 13.2 Å². The van der Waals surface area contributed by atoms with Crippen LogP contribution < -0.4 is 14.3 Å². The van der Waals surface area contributed by atoms with Crippen LogP contribution >= 0.6 is 23.1 Å². The number of rotatable bonds is 4. The number of amides is 1. The van der Waals surface area contributed by atoms with Crippen molar-refractivity contribution in [1.29, 1.82) is 0 Å². The van der Waals surface area contributed by atoms with Gasteiger partial charge in [0, 0.05) is 30.0 Å². The highest BCUT2D eigenvalue weighted by Crippen LogP contribution is 2.35. The van der Waals surface area contributed by atoms with Crippen molar-refractivity contribution in [3.63, 3.8) is 0 Å². The van der Waals surface area contributed by atoms with Gasteiger partial charge < -0.3 is 14.0 Å². The number of thioether (sulfide) groups is 1. The van der Waals surface area contributed by atoms with Crippen molar-refractivity contribution in [3.05, 3.63) is 52.3 Å². The summed E-state index contributed by atoms with van der Waals surface area (Å²) >= 11 is 2.93. The van der Waals surface area contributed by atoms with Crippen LogP contribution in [-0.2, 0) is 12.7 Å². The van der Waals surface area contributed by atoms with E-state index in [2.05, 4.69) is 4.99 Å². The molecule has 1 amide bonds. The van der Waals surface area contributed by atoms with Gasteiger partial charge >= 0.3 is 6.18 Å². The summed E-state index contributed by atoms with van der Waals surface area (Å²) in [4.78, 5) is 17.2. The van der Waals surface area contributed by atoms with E-state index >= 15 is 0 Å². The monoisotopic (exact) mass is 454 g/mol. The lowest BCUT2D eigenvalue weighted by molar-refractivity contribution is -0.137. The highest BCUT2D eigenvalue weighted by Gasteiger charge is 2.31. The number of alkyl halides is 3. The molecule has 158 valence electrons. The minimum atomic E-state index is -4.52. The summed E-state index contributed by atoms with van der Waals surface area (Å²) in [5.74, 6) is 1.32. The number of fused-ring (bicyclic) bond motifs is 2. The zero-order valence-corrected chi connectivity index (χ0v) is 17.5. The summed E-state index contributed by atoms with van der Waals surface area (Å²) < 4.78 is 53.0. The molecule has 3 aromatic rings. The molecule has 2 heterocycles. The fraction of sp³-hybridized carbons (Fsp3) is 0.300. The summed E-state index contributed by atoms with van der Waals surface area (Å²) in [5, 5.41) is 0. The smallest absolute Gasteiger partial charge is 0.416 e. The third-order valence-electron chi connectivity index (χ3n) is 4.50. The van der Waals surface area contributed by atoms with Crippen LogP contribution in [0.3, 0.4) is 0 Å². The topological polar surface area (TPSA) is 52.8 Å². The average Bonchev–Trinajstić information content (AvgIpc) is 3.05. The van der Waals surface area contributed by atoms with Gasteiger partial charge in [-0.15, -0.1) is 0 Å². The third kappa shape index (κ3) is 4.20. The molecule has 0 N–H and O–H groups in total. The summed E-state index contributed by atoms with van der Waals surface area (Å²) in [6.45, 7) is 1.51. The molecule has 30 heavy (non-hydrogen) atoms. The number of thiazole rings is 1. The average molecular weight is 454 g/mol. The lowest BCUT2D eigenvalue weighted by Gasteiger charge is -2.18. The second kappa shape index (κ2) is 8.35. The highest BCUT2D eigenvalue weighted by atomic mass is 32.2. The number of hydrogen-bond acceptors (Lipinski definition) is 5. The largest absolute Gasteiger partial charge is 0.486 e. The SMILES string of the molecule is CSCCn1c(=NC(=O)c2cccc(C(F)(F)F)c2)sc2cc3c(cc21)OCCO3. The first-order valence-electron chi connectivity index (χ1n) is 9.05. The molecule has 0 saturated carbocycles. The number of hydrogen-bond donors (Lipinski definition) is 0. The van der Waals surface area contributed by atoms with E-state index in [1.807, 2.05) is 23.0 Å². The lowest BCUT2D eigenvalue weighted by atomic mass is 10.1. The standard InChI is InChI=1S/C20H17F3N2O3S2/c1-29-8-5-25-14-10-15-16(28-7-6-27-15)11-17(14)30-19(25)24-18(26)12-3-2-4-13(9-12)20(21,22)23/h2-4,9-11H,5-8H2,1H3. The summed E-state index contributed by atoms with van der Waals surface area (Å²) in [5.41, 5.74) is -0.143. The Hall–Kier alpha value is -2.46. The second-order valence-corrected chi connectivity index (χ2v) is 8.48. The van der Waals surface area contributed by atoms with Gasteiger partial charge in [0.05, 0.1) is 15.8 Å². The quantitative estimate of drug-likeness (QED) is 0.578. The Kier molecular flexibility index (Phi) is 5.79. The Balaban J connectivity index is 1.80. The van der Waals surface area contributed by atoms with Gasteiger partial charge in [-0.1, -0.05) is 17.4 Å². The van der Waals surface area contributed by atoms with Crippen LogP contribution in [0.1, 0.15) is 15.9 Å². The third-order valence-corrected chi connectivity index (χ3v) is 6.13. The number of carbonyl (C=O) groups is 1. The molecular weight excluding hydrogens is 437 g/mol. The molecule has 10 heteroatoms. The molecule has 0 atom stereocenters. The van der Waals surface area contributed by atoms with Gasteiger partial charge in [-0.2, -0.15) is 29.9 Å². The Labute approximate surface area is 178 Å². The van der Waals surface area contributed by atoms with Crippen LogP contribution in [0.2, 0.25) is 0 Å². The summed E-state index contributed by atoms with van der Waals surface area (Å²) in [6.07, 6.45) is -2.55.